The zero-order chi connectivity index (χ0) is 11.2. The molecule has 0 saturated carbocycles. The predicted molar refractivity (Wildman–Crippen MR) is 58.6 cm³/mol. The molecule has 0 aliphatic rings. The number of hydrogen-bond acceptors (Lipinski definition) is 4. The average Bonchev–Trinajstić information content (AvgIpc) is 2.11. The molecule has 0 aliphatic carbocycles. The van der Waals surface area contributed by atoms with Gasteiger partial charge in [-0.1, -0.05) is 0 Å². The van der Waals surface area contributed by atoms with E-state index >= 15 is 0 Å². The van der Waals surface area contributed by atoms with Gasteiger partial charge in [0.05, 0.1) is 6.61 Å². The fourth-order valence-corrected chi connectivity index (χ4v) is 1.90. The van der Waals surface area contributed by atoms with Crippen LogP contribution in [0.3, 0.4) is 0 Å². The minimum Gasteiger partial charge on any atom is -0.480 e. The second-order valence-electron chi connectivity index (χ2n) is 3.46. The molecule has 5 heteroatoms. The van der Waals surface area contributed by atoms with Crippen molar-refractivity contribution >= 4 is 17.7 Å². The van der Waals surface area contributed by atoms with Gasteiger partial charge in [0, 0.05) is 17.1 Å². The lowest BCUT2D eigenvalue weighted by Crippen LogP contribution is -2.47. The smallest absolute Gasteiger partial charge is 0.321 e. The quantitative estimate of drug-likeness (QED) is 0.626. The molecule has 0 aromatic heterocycles. The number of thioether (sulfide) groups is 1. The van der Waals surface area contributed by atoms with Gasteiger partial charge in [-0.3, -0.25) is 4.79 Å². The van der Waals surface area contributed by atoms with E-state index in [-0.39, 0.29) is 0 Å². The normalized spacial score (nSPS) is 14.0. The van der Waals surface area contributed by atoms with Crippen molar-refractivity contribution in [3.63, 3.8) is 0 Å². The van der Waals surface area contributed by atoms with Crippen LogP contribution in [-0.4, -0.2) is 40.8 Å². The van der Waals surface area contributed by atoms with Gasteiger partial charge in [-0.25, -0.2) is 0 Å². The first kappa shape index (κ1) is 13.7. The van der Waals surface area contributed by atoms with Gasteiger partial charge in [-0.2, -0.15) is 11.8 Å². The highest BCUT2D eigenvalue weighted by Crippen LogP contribution is 2.27. The summed E-state index contributed by atoms with van der Waals surface area (Å²) in [6, 6.07) is -0.839. The second-order valence-corrected chi connectivity index (χ2v) is 5.21. The Hall–Kier alpha value is -0.260. The van der Waals surface area contributed by atoms with E-state index in [0.717, 1.165) is 5.75 Å². The fourth-order valence-electron chi connectivity index (χ4n) is 0.895. The van der Waals surface area contributed by atoms with Crippen molar-refractivity contribution < 1.29 is 14.6 Å². The molecular weight excluding hydrogens is 202 g/mol. The number of rotatable bonds is 7. The van der Waals surface area contributed by atoms with E-state index in [1.807, 2.05) is 20.8 Å². The van der Waals surface area contributed by atoms with Crippen LogP contribution in [0.25, 0.3) is 0 Å². The Morgan fingerprint density at radius 2 is 2.21 bits per heavy atom. The SMILES string of the molecule is CCOCCSC(C)(C)[C@H](N)C(=O)O. The summed E-state index contributed by atoms with van der Waals surface area (Å²) in [6.45, 7) is 6.92. The van der Waals surface area contributed by atoms with Gasteiger partial charge in [0.2, 0.25) is 0 Å². The summed E-state index contributed by atoms with van der Waals surface area (Å²) in [5.41, 5.74) is 5.55. The van der Waals surface area contributed by atoms with E-state index in [1.54, 1.807) is 0 Å². The molecular formula is C9H19NO3S. The van der Waals surface area contributed by atoms with Crippen LogP contribution >= 0.6 is 11.8 Å². The summed E-state index contributed by atoms with van der Waals surface area (Å²) in [5.74, 6) is -0.194. The lowest BCUT2D eigenvalue weighted by atomic mass is 10.1. The molecule has 84 valence electrons. The molecule has 14 heavy (non-hydrogen) atoms. The molecule has 0 aliphatic heterocycles. The van der Waals surface area contributed by atoms with Gasteiger partial charge in [-0.15, -0.1) is 0 Å². The van der Waals surface area contributed by atoms with Crippen LogP contribution in [0, 0.1) is 0 Å². The number of carboxylic acid groups (broad SMARTS) is 1. The first-order valence-corrected chi connectivity index (χ1v) is 5.60. The molecule has 0 spiro atoms. The molecule has 0 saturated heterocycles. The average molecular weight is 221 g/mol. The number of carboxylic acids is 1. The molecule has 0 rings (SSSR count). The van der Waals surface area contributed by atoms with E-state index in [0.29, 0.717) is 13.2 Å². The molecule has 0 unspecified atom stereocenters. The predicted octanol–water partition coefficient (Wildman–Crippen LogP) is 0.947. The van der Waals surface area contributed by atoms with Gasteiger partial charge in [-0.05, 0) is 20.8 Å². The largest absolute Gasteiger partial charge is 0.480 e. The molecule has 0 bridgehead atoms. The summed E-state index contributed by atoms with van der Waals surface area (Å²) < 4.78 is 4.70. The van der Waals surface area contributed by atoms with Crippen LogP contribution < -0.4 is 5.73 Å². The molecule has 0 aromatic rings. The third-order valence-electron chi connectivity index (χ3n) is 1.92. The van der Waals surface area contributed by atoms with Crippen LogP contribution in [0.1, 0.15) is 20.8 Å². The maximum atomic E-state index is 10.7. The number of aliphatic carboxylic acids is 1. The zero-order valence-electron chi connectivity index (χ0n) is 8.95. The molecule has 4 nitrogen and oxygen atoms in total. The monoisotopic (exact) mass is 221 g/mol. The third kappa shape index (κ3) is 4.83. The van der Waals surface area contributed by atoms with E-state index in [1.165, 1.54) is 11.8 Å². The summed E-state index contributed by atoms with van der Waals surface area (Å²) in [6.07, 6.45) is 0. The van der Waals surface area contributed by atoms with Crippen LogP contribution in [0.4, 0.5) is 0 Å². The van der Waals surface area contributed by atoms with E-state index < -0.39 is 16.8 Å². The zero-order valence-corrected chi connectivity index (χ0v) is 9.76. The summed E-state index contributed by atoms with van der Waals surface area (Å²) in [5, 5.41) is 8.75. The van der Waals surface area contributed by atoms with Crippen molar-refractivity contribution in [2.24, 2.45) is 5.73 Å². The highest BCUT2D eigenvalue weighted by Gasteiger charge is 2.32. The molecule has 0 aromatic carbocycles. The van der Waals surface area contributed by atoms with E-state index in [4.69, 9.17) is 15.6 Å². The Balaban J connectivity index is 3.88. The van der Waals surface area contributed by atoms with Gasteiger partial charge in [0.1, 0.15) is 6.04 Å². The van der Waals surface area contributed by atoms with Crippen molar-refractivity contribution in [1.29, 1.82) is 0 Å². The highest BCUT2D eigenvalue weighted by atomic mass is 32.2. The van der Waals surface area contributed by atoms with Gasteiger partial charge >= 0.3 is 5.97 Å². The van der Waals surface area contributed by atoms with E-state index in [9.17, 15) is 4.79 Å². The number of hydrogen-bond donors (Lipinski definition) is 2. The Morgan fingerprint density at radius 3 is 2.64 bits per heavy atom. The minimum atomic E-state index is -0.959. The van der Waals surface area contributed by atoms with Crippen molar-refractivity contribution in [3.05, 3.63) is 0 Å². The van der Waals surface area contributed by atoms with Crippen LogP contribution in [0.2, 0.25) is 0 Å². The topological polar surface area (TPSA) is 72.5 Å². The van der Waals surface area contributed by atoms with Crippen LogP contribution in [0.5, 0.6) is 0 Å². The number of ether oxygens (including phenoxy) is 1. The fraction of sp³-hybridized carbons (Fsp3) is 0.889. The maximum Gasteiger partial charge on any atom is 0.321 e. The molecule has 1 atom stereocenters. The maximum absolute atomic E-state index is 10.7. The first-order chi connectivity index (χ1) is 6.41. The molecule has 0 fully saturated rings. The lowest BCUT2D eigenvalue weighted by Gasteiger charge is -2.27. The number of carbonyl (C=O) groups is 1. The van der Waals surface area contributed by atoms with E-state index in [2.05, 4.69) is 0 Å². The molecule has 0 radical (unpaired) electrons. The Morgan fingerprint density at radius 1 is 1.64 bits per heavy atom. The Bertz CT molecular complexity index is 185. The van der Waals surface area contributed by atoms with Crippen LogP contribution in [-0.2, 0) is 9.53 Å². The summed E-state index contributed by atoms with van der Waals surface area (Å²) >= 11 is 1.52. The number of nitrogens with two attached hydrogens (primary N) is 1. The van der Waals surface area contributed by atoms with Crippen LogP contribution in [0.15, 0.2) is 0 Å². The lowest BCUT2D eigenvalue weighted by molar-refractivity contribution is -0.139. The summed E-state index contributed by atoms with van der Waals surface area (Å²) in [4.78, 5) is 10.7. The molecule has 0 heterocycles. The van der Waals surface area contributed by atoms with Gasteiger partial charge in [0.15, 0.2) is 0 Å². The molecule has 0 amide bonds. The van der Waals surface area contributed by atoms with Crippen molar-refractivity contribution in [2.75, 3.05) is 19.0 Å². The Kier molecular flexibility index (Phi) is 6.15. The first-order valence-electron chi connectivity index (χ1n) is 4.62. The minimum absolute atomic E-state index is 0.455. The molecule has 3 N–H and O–H groups in total. The summed E-state index contributed by atoms with van der Waals surface area (Å²) in [7, 11) is 0. The standard InChI is InChI=1S/C9H19NO3S/c1-4-13-5-6-14-9(2,3)7(10)8(11)12/h7H,4-6,10H2,1-3H3,(H,11,12)/t7-/m1/s1. The Labute approximate surface area is 89.2 Å². The van der Waals surface area contributed by atoms with Gasteiger partial charge in [0.25, 0.3) is 0 Å². The van der Waals surface area contributed by atoms with Crippen molar-refractivity contribution in [1.82, 2.24) is 0 Å². The van der Waals surface area contributed by atoms with Crippen molar-refractivity contribution in [3.8, 4) is 0 Å². The van der Waals surface area contributed by atoms with Gasteiger partial charge < -0.3 is 15.6 Å². The van der Waals surface area contributed by atoms with Crippen molar-refractivity contribution in [2.45, 2.75) is 31.6 Å². The second kappa shape index (κ2) is 6.27. The highest BCUT2D eigenvalue weighted by molar-refractivity contribution is 8.00. The third-order valence-corrected chi connectivity index (χ3v) is 3.29.